The zero-order valence-corrected chi connectivity index (χ0v) is 17.0. The molecule has 0 saturated carbocycles. The molecular weight excluding hydrogens is 385 g/mol. The number of esters is 1. The Hall–Kier alpha value is -3.25. The summed E-state index contributed by atoms with van der Waals surface area (Å²) in [6, 6.07) is 16.5. The zero-order valence-electron chi connectivity index (χ0n) is 17.0. The fourth-order valence-electron chi connectivity index (χ4n) is 3.38. The Morgan fingerprint density at radius 2 is 1.73 bits per heavy atom. The second-order valence-corrected chi connectivity index (χ2v) is 7.16. The van der Waals surface area contributed by atoms with E-state index in [1.165, 1.54) is 12.1 Å². The fourth-order valence-corrected chi connectivity index (χ4v) is 3.38. The number of aromatic nitrogens is 1. The first-order valence-corrected chi connectivity index (χ1v) is 9.71. The lowest BCUT2D eigenvalue weighted by atomic mass is 10.1. The van der Waals surface area contributed by atoms with Crippen molar-refractivity contribution >= 4 is 11.8 Å². The second-order valence-electron chi connectivity index (χ2n) is 7.16. The van der Waals surface area contributed by atoms with Gasteiger partial charge in [0.05, 0.1) is 0 Å². The zero-order chi connectivity index (χ0) is 21.7. The molecule has 2 aromatic carbocycles. The van der Waals surface area contributed by atoms with E-state index in [9.17, 15) is 19.1 Å². The topological polar surface area (TPSA) is 68.5 Å². The molecule has 0 aliphatic carbocycles. The average Bonchev–Trinajstić information content (AvgIpc) is 3.05. The van der Waals surface area contributed by atoms with Gasteiger partial charge in [0.25, 0.3) is 0 Å². The minimum Gasteiger partial charge on any atom is -0.455 e. The molecule has 0 saturated heterocycles. The maximum atomic E-state index is 13.1. The molecule has 0 radical (unpaired) electrons. The minimum absolute atomic E-state index is 0.271. The van der Waals surface area contributed by atoms with Gasteiger partial charge in [0.1, 0.15) is 5.82 Å². The summed E-state index contributed by atoms with van der Waals surface area (Å²) in [7, 11) is 0. The molecule has 0 spiro atoms. The van der Waals surface area contributed by atoms with Gasteiger partial charge in [0, 0.05) is 23.5 Å². The van der Waals surface area contributed by atoms with Crippen LogP contribution in [0.4, 0.5) is 4.39 Å². The molecule has 0 aliphatic rings. The molecule has 1 atom stereocenters. The van der Waals surface area contributed by atoms with E-state index in [0.717, 1.165) is 17.0 Å². The number of ketones is 1. The highest BCUT2D eigenvalue weighted by molar-refractivity contribution is 5.99. The lowest BCUT2D eigenvalue weighted by Crippen LogP contribution is -2.20. The van der Waals surface area contributed by atoms with Crippen molar-refractivity contribution in [2.45, 2.75) is 32.9 Å². The number of rotatable bonds is 8. The first-order valence-electron chi connectivity index (χ1n) is 9.71. The number of aliphatic hydroxyl groups is 1. The van der Waals surface area contributed by atoms with E-state index in [1.54, 1.807) is 48.5 Å². The Bertz CT molecular complexity index is 1030. The Morgan fingerprint density at radius 1 is 1.07 bits per heavy atom. The summed E-state index contributed by atoms with van der Waals surface area (Å²) in [6.45, 7) is 3.94. The summed E-state index contributed by atoms with van der Waals surface area (Å²) in [4.78, 5) is 24.7. The summed E-state index contributed by atoms with van der Waals surface area (Å²) in [5, 5.41) is 10.1. The highest BCUT2D eigenvalue weighted by Gasteiger charge is 2.22. The molecule has 3 rings (SSSR count). The summed E-state index contributed by atoms with van der Waals surface area (Å²) in [5.74, 6) is -1.46. The van der Waals surface area contributed by atoms with Crippen molar-refractivity contribution in [3.8, 4) is 0 Å². The average molecular weight is 409 g/mol. The number of hydrogen-bond donors (Lipinski definition) is 1. The second kappa shape index (κ2) is 9.50. The Balaban J connectivity index is 1.61. The molecule has 6 heteroatoms. The summed E-state index contributed by atoms with van der Waals surface area (Å²) in [6.07, 6.45) is -0.732. The molecule has 0 unspecified atom stereocenters. The molecule has 0 aliphatic heterocycles. The van der Waals surface area contributed by atoms with E-state index in [-0.39, 0.29) is 11.6 Å². The number of aryl methyl sites for hydroxylation is 2. The number of ether oxygens (including phenoxy) is 1. The van der Waals surface area contributed by atoms with E-state index >= 15 is 0 Å². The Kier molecular flexibility index (Phi) is 6.79. The number of benzene rings is 2. The first kappa shape index (κ1) is 21.5. The summed E-state index contributed by atoms with van der Waals surface area (Å²) >= 11 is 0. The quantitative estimate of drug-likeness (QED) is 0.452. The molecular formula is C24H24FNO4. The van der Waals surface area contributed by atoms with Crippen LogP contribution in [-0.4, -0.2) is 28.0 Å². The van der Waals surface area contributed by atoms with Gasteiger partial charge >= 0.3 is 5.97 Å². The Labute approximate surface area is 174 Å². The molecule has 3 aromatic rings. The lowest BCUT2D eigenvalue weighted by Gasteiger charge is -2.11. The fraction of sp³-hybridized carbons (Fsp3) is 0.250. The molecule has 5 nitrogen and oxygen atoms in total. The predicted octanol–water partition coefficient (Wildman–Crippen LogP) is 3.95. The third-order valence-electron chi connectivity index (χ3n) is 5.10. The van der Waals surface area contributed by atoms with Gasteiger partial charge in [-0.05, 0) is 49.6 Å². The van der Waals surface area contributed by atoms with E-state index in [0.29, 0.717) is 24.1 Å². The van der Waals surface area contributed by atoms with Crippen molar-refractivity contribution in [3.63, 3.8) is 0 Å². The number of carbonyl (C=O) groups is 2. The minimum atomic E-state index is -1.43. The van der Waals surface area contributed by atoms with Crippen molar-refractivity contribution in [1.29, 1.82) is 0 Å². The number of hydrogen-bond acceptors (Lipinski definition) is 4. The third kappa shape index (κ3) is 5.02. The largest absolute Gasteiger partial charge is 0.455 e. The summed E-state index contributed by atoms with van der Waals surface area (Å²) < 4.78 is 20.1. The van der Waals surface area contributed by atoms with Gasteiger partial charge in [-0.2, -0.15) is 0 Å². The van der Waals surface area contributed by atoms with E-state index < -0.39 is 18.7 Å². The molecule has 0 fully saturated rings. The number of halogens is 1. The maximum absolute atomic E-state index is 13.1. The van der Waals surface area contributed by atoms with Gasteiger partial charge in [0.15, 0.2) is 12.7 Å². The lowest BCUT2D eigenvalue weighted by molar-refractivity contribution is -0.152. The Morgan fingerprint density at radius 3 is 2.40 bits per heavy atom. The van der Waals surface area contributed by atoms with Crippen LogP contribution in [0.5, 0.6) is 0 Å². The van der Waals surface area contributed by atoms with Gasteiger partial charge in [-0.15, -0.1) is 0 Å². The maximum Gasteiger partial charge on any atom is 0.340 e. The monoisotopic (exact) mass is 409 g/mol. The standard InChI is InChI=1S/C24H24FNO4/c1-16-14-21(17(2)26(16)13-12-18-8-10-20(25)11-9-18)22(27)15-30-24(29)23(28)19-6-4-3-5-7-19/h3-11,14,23,28H,12-13,15H2,1-2H3/t23-/m1/s1. The van der Waals surface area contributed by atoms with Gasteiger partial charge in [0.2, 0.25) is 5.78 Å². The first-order chi connectivity index (χ1) is 14.4. The molecule has 30 heavy (non-hydrogen) atoms. The number of Topliss-reactive ketones (excluding diaryl/α,β-unsaturated/α-hetero) is 1. The van der Waals surface area contributed by atoms with Crippen LogP contribution in [-0.2, 0) is 22.5 Å². The molecule has 156 valence electrons. The van der Waals surface area contributed by atoms with Crippen LogP contribution in [0.3, 0.4) is 0 Å². The van der Waals surface area contributed by atoms with Crippen LogP contribution in [0.15, 0.2) is 60.7 Å². The highest BCUT2D eigenvalue weighted by Crippen LogP contribution is 2.18. The molecule has 0 amide bonds. The van der Waals surface area contributed by atoms with Crippen LogP contribution in [0.25, 0.3) is 0 Å². The molecule has 1 N–H and O–H groups in total. The van der Waals surface area contributed by atoms with E-state index in [4.69, 9.17) is 4.74 Å². The van der Waals surface area contributed by atoms with E-state index in [1.807, 2.05) is 18.4 Å². The van der Waals surface area contributed by atoms with Gasteiger partial charge < -0.3 is 14.4 Å². The van der Waals surface area contributed by atoms with Gasteiger partial charge in [-0.25, -0.2) is 9.18 Å². The van der Waals surface area contributed by atoms with Crippen molar-refractivity contribution in [2.75, 3.05) is 6.61 Å². The van der Waals surface area contributed by atoms with Crippen LogP contribution in [0.2, 0.25) is 0 Å². The van der Waals surface area contributed by atoms with Gasteiger partial charge in [-0.1, -0.05) is 42.5 Å². The molecule has 1 aromatic heterocycles. The summed E-state index contributed by atoms with van der Waals surface area (Å²) in [5.41, 5.74) is 3.58. The van der Waals surface area contributed by atoms with Crippen molar-refractivity contribution in [2.24, 2.45) is 0 Å². The highest BCUT2D eigenvalue weighted by atomic mass is 19.1. The van der Waals surface area contributed by atoms with E-state index in [2.05, 4.69) is 0 Å². The number of carbonyl (C=O) groups excluding carboxylic acids is 2. The van der Waals surface area contributed by atoms with Crippen LogP contribution < -0.4 is 0 Å². The van der Waals surface area contributed by atoms with Crippen LogP contribution in [0.1, 0.15) is 39.0 Å². The predicted molar refractivity (Wildman–Crippen MR) is 111 cm³/mol. The number of aliphatic hydroxyl groups excluding tert-OH is 1. The van der Waals surface area contributed by atoms with Gasteiger partial charge in [-0.3, -0.25) is 4.79 Å². The van der Waals surface area contributed by atoms with Crippen molar-refractivity contribution in [3.05, 3.63) is 94.6 Å². The van der Waals surface area contributed by atoms with Crippen molar-refractivity contribution < 1.29 is 23.8 Å². The number of nitrogens with zero attached hydrogens (tertiary/aromatic N) is 1. The normalized spacial score (nSPS) is 11.9. The molecule has 1 heterocycles. The van der Waals surface area contributed by atoms with Crippen molar-refractivity contribution in [1.82, 2.24) is 4.57 Å². The smallest absolute Gasteiger partial charge is 0.340 e. The third-order valence-corrected chi connectivity index (χ3v) is 5.10. The van der Waals surface area contributed by atoms with Crippen LogP contribution in [0, 0.1) is 19.7 Å². The van der Waals surface area contributed by atoms with Crippen LogP contribution >= 0.6 is 0 Å². The molecule has 0 bridgehead atoms. The SMILES string of the molecule is Cc1cc(C(=O)COC(=O)[C@H](O)c2ccccc2)c(C)n1CCc1ccc(F)cc1.